The zero-order valence-corrected chi connectivity index (χ0v) is 15.6. The van der Waals surface area contributed by atoms with Gasteiger partial charge in [0.05, 0.1) is 5.92 Å². The van der Waals surface area contributed by atoms with Crippen LogP contribution in [0.2, 0.25) is 5.02 Å². The molecule has 0 bridgehead atoms. The van der Waals surface area contributed by atoms with Gasteiger partial charge in [-0.25, -0.2) is 0 Å². The Balaban J connectivity index is 1.39. The number of amides is 1. The van der Waals surface area contributed by atoms with Crippen molar-refractivity contribution >= 4 is 28.9 Å². The van der Waals surface area contributed by atoms with E-state index in [2.05, 4.69) is 29.3 Å². The number of hydrogen-bond donors (Lipinski definition) is 1. The van der Waals surface area contributed by atoms with Crippen LogP contribution < -0.4 is 15.0 Å². The molecule has 4 rings (SSSR count). The Kier molecular flexibility index (Phi) is 4.77. The molecule has 0 saturated carbocycles. The third-order valence-corrected chi connectivity index (χ3v) is 5.46. The Morgan fingerprint density at radius 2 is 2.04 bits per heavy atom. The zero-order valence-electron chi connectivity index (χ0n) is 14.9. The van der Waals surface area contributed by atoms with E-state index in [1.807, 2.05) is 30.3 Å². The Labute approximate surface area is 159 Å². The number of carbonyl (C=O) groups is 1. The van der Waals surface area contributed by atoms with Crippen molar-refractivity contribution < 1.29 is 9.53 Å². The van der Waals surface area contributed by atoms with Crippen LogP contribution >= 0.6 is 11.6 Å². The molecule has 2 aromatic carbocycles. The van der Waals surface area contributed by atoms with E-state index in [4.69, 9.17) is 16.3 Å². The van der Waals surface area contributed by atoms with Crippen molar-refractivity contribution in [3.8, 4) is 5.75 Å². The molecule has 1 saturated heterocycles. The molecule has 4 nitrogen and oxygen atoms in total. The lowest BCUT2D eigenvalue weighted by atomic mass is 9.96. The lowest BCUT2D eigenvalue weighted by molar-refractivity contribution is -0.121. The van der Waals surface area contributed by atoms with Gasteiger partial charge in [0.1, 0.15) is 12.4 Å². The van der Waals surface area contributed by atoms with Gasteiger partial charge < -0.3 is 15.0 Å². The van der Waals surface area contributed by atoms with Crippen molar-refractivity contribution in [3.05, 3.63) is 53.1 Å². The van der Waals surface area contributed by atoms with Gasteiger partial charge in [0, 0.05) is 29.5 Å². The highest BCUT2D eigenvalue weighted by molar-refractivity contribution is 6.30. The van der Waals surface area contributed by atoms with Crippen molar-refractivity contribution in [2.24, 2.45) is 11.8 Å². The van der Waals surface area contributed by atoms with Crippen molar-refractivity contribution in [3.63, 3.8) is 0 Å². The summed E-state index contributed by atoms with van der Waals surface area (Å²) in [7, 11) is 0. The summed E-state index contributed by atoms with van der Waals surface area (Å²) >= 11 is 6.05. The van der Waals surface area contributed by atoms with Crippen molar-refractivity contribution in [2.75, 3.05) is 29.9 Å². The van der Waals surface area contributed by atoms with Gasteiger partial charge in [-0.1, -0.05) is 18.5 Å². The topological polar surface area (TPSA) is 41.6 Å². The molecule has 2 aliphatic heterocycles. The maximum atomic E-state index is 12.6. The third-order valence-electron chi connectivity index (χ3n) is 5.22. The summed E-state index contributed by atoms with van der Waals surface area (Å²) in [6, 6.07) is 13.7. The minimum absolute atomic E-state index is 0.0156. The van der Waals surface area contributed by atoms with Crippen LogP contribution in [-0.2, 0) is 11.2 Å². The smallest absolute Gasteiger partial charge is 0.231 e. The summed E-state index contributed by atoms with van der Waals surface area (Å²) in [4.78, 5) is 15.0. The average Bonchev–Trinajstić information content (AvgIpc) is 3.08. The monoisotopic (exact) mass is 370 g/mol. The molecule has 1 N–H and O–H groups in total. The number of nitrogens with zero attached hydrogens (tertiary/aromatic N) is 1. The second-order valence-electron chi connectivity index (χ2n) is 7.34. The van der Waals surface area contributed by atoms with Gasteiger partial charge in [0.2, 0.25) is 5.91 Å². The number of halogens is 1. The van der Waals surface area contributed by atoms with Crippen LogP contribution in [0.3, 0.4) is 0 Å². The molecule has 0 aromatic heterocycles. The van der Waals surface area contributed by atoms with Crippen LogP contribution in [0.4, 0.5) is 11.4 Å². The van der Waals surface area contributed by atoms with Crippen LogP contribution in [0.25, 0.3) is 0 Å². The van der Waals surface area contributed by atoms with E-state index in [-0.39, 0.29) is 11.8 Å². The van der Waals surface area contributed by atoms with Gasteiger partial charge in [-0.05, 0) is 66.8 Å². The zero-order chi connectivity index (χ0) is 18.1. The molecule has 2 heterocycles. The predicted octanol–water partition coefficient (Wildman–Crippen LogP) is 4.38. The van der Waals surface area contributed by atoms with Crippen molar-refractivity contribution in [1.29, 1.82) is 0 Å². The molecule has 5 heteroatoms. The van der Waals surface area contributed by atoms with Gasteiger partial charge in [0.15, 0.2) is 0 Å². The van der Waals surface area contributed by atoms with E-state index >= 15 is 0 Å². The number of carbonyl (C=O) groups excluding carboxylic acids is 1. The lowest BCUT2D eigenvalue weighted by Gasteiger charge is -2.25. The van der Waals surface area contributed by atoms with E-state index < -0.39 is 0 Å². The molecule has 2 aromatic rings. The maximum absolute atomic E-state index is 12.6. The first-order valence-corrected chi connectivity index (χ1v) is 9.53. The summed E-state index contributed by atoms with van der Waals surface area (Å²) in [6.45, 7) is 4.89. The minimum atomic E-state index is -0.208. The molecule has 2 atom stereocenters. The number of ether oxygens (including phenoxy) is 1. The lowest BCUT2D eigenvalue weighted by Crippen LogP contribution is -2.32. The molecule has 0 aliphatic carbocycles. The van der Waals surface area contributed by atoms with E-state index in [9.17, 15) is 4.79 Å². The summed E-state index contributed by atoms with van der Waals surface area (Å²) in [5.74, 6) is 1.35. The molecule has 136 valence electrons. The molecule has 26 heavy (non-hydrogen) atoms. The fourth-order valence-corrected chi connectivity index (χ4v) is 3.90. The van der Waals surface area contributed by atoms with Gasteiger partial charge in [-0.15, -0.1) is 0 Å². The Bertz CT molecular complexity index is 806. The summed E-state index contributed by atoms with van der Waals surface area (Å²) in [5, 5.41) is 3.68. The second-order valence-corrected chi connectivity index (χ2v) is 7.78. The molecule has 1 fully saturated rings. The average molecular weight is 371 g/mol. The van der Waals surface area contributed by atoms with Crippen LogP contribution in [0, 0.1) is 11.8 Å². The third kappa shape index (κ3) is 3.65. The highest BCUT2D eigenvalue weighted by atomic mass is 35.5. The standard InChI is InChI=1S/C21H23ClN2O2/c1-14-8-9-24(12-14)19-5-3-18(4-6-19)23-21(25)16-10-15-11-17(22)2-7-20(15)26-13-16/h2-7,11,14,16H,8-10,12-13H2,1H3,(H,23,25). The molecule has 0 spiro atoms. The fourth-order valence-electron chi connectivity index (χ4n) is 3.70. The van der Waals surface area contributed by atoms with Gasteiger partial charge >= 0.3 is 0 Å². The van der Waals surface area contributed by atoms with Crippen LogP contribution in [0.1, 0.15) is 18.9 Å². The number of hydrogen-bond acceptors (Lipinski definition) is 3. The van der Waals surface area contributed by atoms with E-state index in [1.54, 1.807) is 0 Å². The largest absolute Gasteiger partial charge is 0.492 e. The number of nitrogens with one attached hydrogen (secondary N) is 1. The summed E-state index contributed by atoms with van der Waals surface area (Å²) in [5.41, 5.74) is 3.03. The van der Waals surface area contributed by atoms with Gasteiger partial charge in [-0.3, -0.25) is 4.79 Å². The number of benzene rings is 2. The van der Waals surface area contributed by atoms with Crippen molar-refractivity contribution in [2.45, 2.75) is 19.8 Å². The number of anilines is 2. The van der Waals surface area contributed by atoms with Crippen molar-refractivity contribution in [1.82, 2.24) is 0 Å². The highest BCUT2D eigenvalue weighted by Gasteiger charge is 2.26. The molecule has 1 amide bonds. The molecule has 2 aliphatic rings. The normalized spacial score (nSPS) is 21.8. The first-order valence-electron chi connectivity index (χ1n) is 9.15. The first-order chi connectivity index (χ1) is 12.6. The summed E-state index contributed by atoms with van der Waals surface area (Å²) < 4.78 is 5.72. The minimum Gasteiger partial charge on any atom is -0.492 e. The summed E-state index contributed by atoms with van der Waals surface area (Å²) in [6.07, 6.45) is 1.89. The number of rotatable bonds is 3. The predicted molar refractivity (Wildman–Crippen MR) is 105 cm³/mol. The fraction of sp³-hybridized carbons (Fsp3) is 0.381. The quantitative estimate of drug-likeness (QED) is 0.871. The van der Waals surface area contributed by atoms with Crippen LogP contribution in [0.15, 0.2) is 42.5 Å². The van der Waals surface area contributed by atoms with E-state index in [1.165, 1.54) is 12.1 Å². The van der Waals surface area contributed by atoms with Gasteiger partial charge in [-0.2, -0.15) is 0 Å². The Morgan fingerprint density at radius 1 is 1.23 bits per heavy atom. The first kappa shape index (κ1) is 17.2. The molecular weight excluding hydrogens is 348 g/mol. The second kappa shape index (κ2) is 7.20. The number of fused-ring (bicyclic) bond motifs is 1. The van der Waals surface area contributed by atoms with Crippen LogP contribution in [0.5, 0.6) is 5.75 Å². The van der Waals surface area contributed by atoms with Crippen LogP contribution in [-0.4, -0.2) is 25.6 Å². The molecule has 2 unspecified atom stereocenters. The van der Waals surface area contributed by atoms with E-state index in [0.717, 1.165) is 36.0 Å². The maximum Gasteiger partial charge on any atom is 0.231 e. The molecular formula is C21H23ClN2O2. The molecule has 0 radical (unpaired) electrons. The SMILES string of the molecule is CC1CCN(c2ccc(NC(=O)C3COc4ccc(Cl)cc4C3)cc2)C1. The Hall–Kier alpha value is -2.20. The highest BCUT2D eigenvalue weighted by Crippen LogP contribution is 2.30. The van der Waals surface area contributed by atoms with Gasteiger partial charge in [0.25, 0.3) is 0 Å². The van der Waals surface area contributed by atoms with E-state index in [0.29, 0.717) is 18.1 Å². The Morgan fingerprint density at radius 3 is 2.77 bits per heavy atom.